The van der Waals surface area contributed by atoms with Crippen molar-refractivity contribution in [3.8, 4) is 5.75 Å². The van der Waals surface area contributed by atoms with E-state index in [1.807, 2.05) is 18.2 Å². The minimum absolute atomic E-state index is 0.00155. The summed E-state index contributed by atoms with van der Waals surface area (Å²) in [5.74, 6) is -7.06. The zero-order valence-electron chi connectivity index (χ0n) is 42.6. The number of aromatic nitrogens is 1. The molecule has 3 aromatic carbocycles. The van der Waals surface area contributed by atoms with Crippen molar-refractivity contribution in [3.63, 3.8) is 0 Å². The summed E-state index contributed by atoms with van der Waals surface area (Å²) in [7, 11) is 1.96. The van der Waals surface area contributed by atoms with E-state index < -0.39 is 114 Å². The Morgan fingerprint density at radius 1 is 0.724 bits per heavy atom. The van der Waals surface area contributed by atoms with E-state index in [0.29, 0.717) is 29.5 Å². The molecule has 5 rings (SSSR count). The Morgan fingerprint density at radius 3 is 2.01 bits per heavy atom. The number of nitrogens with two attached hydrogens (primary N) is 1. The molecule has 1 aliphatic heterocycles. The Morgan fingerprint density at radius 2 is 1.36 bits per heavy atom. The van der Waals surface area contributed by atoms with Crippen molar-refractivity contribution in [1.29, 1.82) is 0 Å². The van der Waals surface area contributed by atoms with Crippen LogP contribution < -0.4 is 48.3 Å². The molecule has 1 aliphatic rings. The van der Waals surface area contributed by atoms with Crippen LogP contribution in [0.25, 0.3) is 10.9 Å². The molecule has 0 bridgehead atoms. The molecule has 10 atom stereocenters. The van der Waals surface area contributed by atoms with E-state index in [1.54, 1.807) is 61.7 Å². The fourth-order valence-corrected chi connectivity index (χ4v) is 10.5. The number of nitrogens with one attached hydrogen (secondary N) is 9. The summed E-state index contributed by atoms with van der Waals surface area (Å²) in [6.45, 7) is 3.75. The zero-order chi connectivity index (χ0) is 55.3. The third-order valence-corrected chi connectivity index (χ3v) is 15.0. The van der Waals surface area contributed by atoms with Gasteiger partial charge in [-0.05, 0) is 74.5 Å². The van der Waals surface area contributed by atoms with Gasteiger partial charge >= 0.3 is 0 Å². The lowest BCUT2D eigenvalue weighted by molar-refractivity contribution is -0.136. The highest BCUT2D eigenvalue weighted by Gasteiger charge is 2.37. The molecule has 0 radical (unpaired) electrons. The minimum Gasteiger partial charge on any atom is -0.508 e. The van der Waals surface area contributed by atoms with Crippen molar-refractivity contribution in [1.82, 2.24) is 47.5 Å². The van der Waals surface area contributed by atoms with Gasteiger partial charge in [-0.25, -0.2) is 0 Å². The number of benzene rings is 3. The topological polar surface area (TPSA) is 356 Å². The second kappa shape index (κ2) is 30.1. The summed E-state index contributed by atoms with van der Waals surface area (Å²) in [6.07, 6.45) is -0.598. The van der Waals surface area contributed by atoms with Gasteiger partial charge in [0.05, 0.1) is 24.9 Å². The summed E-state index contributed by atoms with van der Waals surface area (Å²) in [5, 5.41) is 63.3. The molecule has 412 valence electrons. The average molecular weight is 1090 g/mol. The molecule has 0 aliphatic carbocycles. The summed E-state index contributed by atoms with van der Waals surface area (Å²) in [4.78, 5) is 117. The highest BCUT2D eigenvalue weighted by molar-refractivity contribution is 8.76. The number of carbonyl (C=O) groups is 8. The molecule has 4 aromatic rings. The summed E-state index contributed by atoms with van der Waals surface area (Å²) >= 11 is 0. The van der Waals surface area contributed by atoms with Gasteiger partial charge in [-0.15, -0.1) is 0 Å². The number of aliphatic hydroxyl groups excluding tert-OH is 3. The van der Waals surface area contributed by atoms with Crippen LogP contribution in [-0.4, -0.2) is 158 Å². The molecule has 10 unspecified atom stereocenters. The number of aromatic hydroxyl groups is 1. The zero-order valence-corrected chi connectivity index (χ0v) is 44.2. The number of para-hydroxylation sites is 1. The summed E-state index contributed by atoms with van der Waals surface area (Å²) in [5.41, 5.74) is 8.32. The van der Waals surface area contributed by atoms with E-state index in [1.165, 1.54) is 26.0 Å². The van der Waals surface area contributed by atoms with E-state index in [-0.39, 0.29) is 55.9 Å². The monoisotopic (exact) mass is 1090 g/mol. The van der Waals surface area contributed by atoms with E-state index in [4.69, 9.17) is 5.73 Å². The fraction of sp³-hybridized carbons (Fsp3) is 0.462. The first kappa shape index (κ1) is 60.2. The van der Waals surface area contributed by atoms with Crippen molar-refractivity contribution in [2.45, 2.75) is 126 Å². The number of hydrogen-bond donors (Lipinski definition) is 14. The molecular weight excluding hydrogens is 1020 g/mol. The standard InChI is InChI=1S/C52H70N10O12S2/c1-4-44(67)55-38(22-31-12-6-5-7-13-31)47(69)60-42-27-75-76-28-43(51(73)59-41(26-63)29(2)64)61-52(74)45(30(3)65)62-46(68)37(16-10-11-21-53)56-49(71)40(24-33-25-54-36-15-9-8-14-35(33)36)58-48(70)39(57-50(42)72)23-32-17-19-34(66)20-18-32/h5-9,12-15,17-20,25,29-30,37-43,45,54,63-66H,4,10-11,16,21-24,26-28,53H2,1-3H3,(H,55,67)(H,56,71)(H,57,72)(H,58,70)(H,59,73)(H,60,69)(H,61,74)(H,62,68). The van der Waals surface area contributed by atoms with Gasteiger partial charge in [-0.1, -0.05) is 89.2 Å². The van der Waals surface area contributed by atoms with Crippen LogP contribution in [0.4, 0.5) is 0 Å². The quantitative estimate of drug-likeness (QED) is 0.0415. The van der Waals surface area contributed by atoms with E-state index in [0.717, 1.165) is 32.5 Å². The lowest BCUT2D eigenvalue weighted by atomic mass is 10.0. The SMILES string of the molecule is CCC(=O)NC(Cc1ccccc1)C(=O)NC1CSSCC(C(=O)NC(CO)C(C)O)NC(=O)C(C(C)O)NC(=O)C(CCCCN)NC(=O)C(Cc2c[nH]c3ccccc23)NC(=O)C(Cc2ccc(O)cc2)NC1=O. The molecule has 0 saturated carbocycles. The van der Waals surface area contributed by atoms with E-state index in [9.17, 15) is 58.8 Å². The fourth-order valence-electron chi connectivity index (χ4n) is 8.13. The van der Waals surface area contributed by atoms with Gasteiger partial charge in [0.1, 0.15) is 48.0 Å². The minimum atomic E-state index is -1.70. The number of unbranched alkanes of at least 4 members (excludes halogenated alkanes) is 1. The Labute approximate surface area is 448 Å². The average Bonchev–Trinajstić information content (AvgIpc) is 3.81. The van der Waals surface area contributed by atoms with Gasteiger partial charge in [0.25, 0.3) is 0 Å². The second-order valence-electron chi connectivity index (χ2n) is 18.5. The molecule has 1 fully saturated rings. The van der Waals surface area contributed by atoms with E-state index >= 15 is 0 Å². The Bertz CT molecular complexity index is 2590. The maximum atomic E-state index is 14.9. The van der Waals surface area contributed by atoms with Gasteiger partial charge in [0, 0.05) is 54.3 Å². The normalized spacial score (nSPS) is 22.0. The van der Waals surface area contributed by atoms with Crippen LogP contribution in [0.15, 0.2) is 85.1 Å². The number of aromatic amines is 1. The molecule has 1 aromatic heterocycles. The lowest BCUT2D eigenvalue weighted by Crippen LogP contribution is -2.62. The summed E-state index contributed by atoms with van der Waals surface area (Å²) < 4.78 is 0. The number of amides is 8. The third kappa shape index (κ3) is 18.3. The molecule has 24 heteroatoms. The van der Waals surface area contributed by atoms with Crippen LogP contribution in [0.5, 0.6) is 5.75 Å². The first-order chi connectivity index (χ1) is 36.4. The Kier molecular flexibility index (Phi) is 23.9. The van der Waals surface area contributed by atoms with Crippen LogP contribution in [0.2, 0.25) is 0 Å². The molecule has 0 spiro atoms. The highest BCUT2D eigenvalue weighted by atomic mass is 33.1. The third-order valence-electron chi connectivity index (χ3n) is 12.6. The van der Waals surface area contributed by atoms with Gasteiger partial charge in [-0.2, -0.15) is 0 Å². The number of phenols is 1. The number of aliphatic hydroxyl groups is 3. The Balaban J connectivity index is 1.61. The van der Waals surface area contributed by atoms with Crippen molar-refractivity contribution >= 4 is 79.7 Å². The first-order valence-corrected chi connectivity index (χ1v) is 27.6. The predicted molar refractivity (Wildman–Crippen MR) is 288 cm³/mol. The van der Waals surface area contributed by atoms with Crippen LogP contribution in [0.1, 0.15) is 63.1 Å². The number of rotatable bonds is 19. The maximum absolute atomic E-state index is 14.9. The van der Waals surface area contributed by atoms with Crippen molar-refractivity contribution in [2.75, 3.05) is 24.7 Å². The van der Waals surface area contributed by atoms with Gasteiger partial charge in [-0.3, -0.25) is 38.4 Å². The predicted octanol–water partition coefficient (Wildman–Crippen LogP) is -0.532. The van der Waals surface area contributed by atoms with Gasteiger partial charge < -0.3 is 73.7 Å². The maximum Gasteiger partial charge on any atom is 0.245 e. The lowest BCUT2D eigenvalue weighted by Gasteiger charge is -2.29. The van der Waals surface area contributed by atoms with Crippen LogP contribution in [0.3, 0.4) is 0 Å². The van der Waals surface area contributed by atoms with Crippen molar-refractivity contribution in [3.05, 3.63) is 102 Å². The van der Waals surface area contributed by atoms with Gasteiger partial charge in [0.15, 0.2) is 0 Å². The molecule has 8 amide bonds. The molecular formula is C52H70N10O12S2. The van der Waals surface area contributed by atoms with E-state index in [2.05, 4.69) is 47.5 Å². The summed E-state index contributed by atoms with van der Waals surface area (Å²) in [6, 6.07) is 10.8. The molecule has 15 N–H and O–H groups in total. The second-order valence-corrected chi connectivity index (χ2v) is 21.1. The number of phenolic OH excluding ortho intramolecular Hbond substituents is 1. The van der Waals surface area contributed by atoms with Crippen LogP contribution in [0, 0.1) is 0 Å². The number of H-pyrrole nitrogens is 1. The van der Waals surface area contributed by atoms with Crippen LogP contribution in [-0.2, 0) is 57.6 Å². The Hall–Kier alpha value is -6.70. The van der Waals surface area contributed by atoms with Crippen LogP contribution >= 0.6 is 21.6 Å². The van der Waals surface area contributed by atoms with Crippen molar-refractivity contribution in [2.24, 2.45) is 5.73 Å². The smallest absolute Gasteiger partial charge is 0.245 e. The number of carbonyl (C=O) groups excluding carboxylic acids is 8. The molecule has 22 nitrogen and oxygen atoms in total. The van der Waals surface area contributed by atoms with Crippen molar-refractivity contribution < 1.29 is 58.8 Å². The first-order valence-electron chi connectivity index (χ1n) is 25.1. The molecule has 76 heavy (non-hydrogen) atoms. The molecule has 2 heterocycles. The van der Waals surface area contributed by atoms with Gasteiger partial charge in [0.2, 0.25) is 47.3 Å². The largest absolute Gasteiger partial charge is 0.508 e. The molecule has 1 saturated heterocycles. The number of hydrogen-bond acceptors (Lipinski definition) is 15. The number of fused-ring (bicyclic) bond motifs is 1. The highest BCUT2D eigenvalue weighted by Crippen LogP contribution is 2.25.